The molecule has 0 aliphatic rings. The molecule has 6 nitrogen and oxygen atoms in total. The summed E-state index contributed by atoms with van der Waals surface area (Å²) in [6.07, 6.45) is 0.208. The zero-order valence-corrected chi connectivity index (χ0v) is 9.27. The maximum Gasteiger partial charge on any atom is 0.273 e. The summed E-state index contributed by atoms with van der Waals surface area (Å²) >= 11 is 0. The van der Waals surface area contributed by atoms with Crippen LogP contribution in [0, 0.1) is 28.4 Å². The Hall–Kier alpha value is -2.42. The van der Waals surface area contributed by atoms with Crippen LogP contribution in [0.4, 0.5) is 5.69 Å². The van der Waals surface area contributed by atoms with Crippen molar-refractivity contribution in [3.05, 3.63) is 39.4 Å². The molecule has 1 aromatic carbocycles. The Balaban J connectivity index is 2.85. The first kappa shape index (κ1) is 12.6. The standard InChI is InChI=1S/C11H11N3O3/c1-8-3-4-9(7-10(8)14(16)17)11(15)13-6-2-5-12/h3-4,7H,2,6H2,1H3,(H,13,15). The first-order chi connectivity index (χ1) is 8.06. The molecule has 0 atom stereocenters. The molecule has 0 radical (unpaired) electrons. The van der Waals surface area contributed by atoms with E-state index in [1.165, 1.54) is 18.2 Å². The van der Waals surface area contributed by atoms with Crippen LogP contribution in [-0.4, -0.2) is 17.4 Å². The molecule has 88 valence electrons. The Morgan fingerprint density at radius 3 is 2.88 bits per heavy atom. The van der Waals surface area contributed by atoms with Crippen LogP contribution in [0.5, 0.6) is 0 Å². The van der Waals surface area contributed by atoms with Crippen LogP contribution in [-0.2, 0) is 0 Å². The molecule has 0 saturated heterocycles. The number of amides is 1. The molecular weight excluding hydrogens is 222 g/mol. The summed E-state index contributed by atoms with van der Waals surface area (Å²) in [6.45, 7) is 1.84. The van der Waals surface area contributed by atoms with Crippen LogP contribution >= 0.6 is 0 Å². The number of benzene rings is 1. The molecule has 0 spiro atoms. The Morgan fingerprint density at radius 1 is 1.59 bits per heavy atom. The van der Waals surface area contributed by atoms with Crippen LogP contribution in [0.25, 0.3) is 0 Å². The fourth-order valence-corrected chi connectivity index (χ4v) is 1.28. The van der Waals surface area contributed by atoms with Gasteiger partial charge in [0.15, 0.2) is 0 Å². The fraction of sp³-hybridized carbons (Fsp3) is 0.273. The Bertz CT molecular complexity index is 491. The van der Waals surface area contributed by atoms with Gasteiger partial charge in [0.1, 0.15) is 0 Å². The summed E-state index contributed by atoms with van der Waals surface area (Å²) in [7, 11) is 0. The quantitative estimate of drug-likeness (QED) is 0.484. The van der Waals surface area contributed by atoms with Crippen molar-refractivity contribution in [1.82, 2.24) is 5.32 Å². The van der Waals surface area contributed by atoms with Crippen LogP contribution in [0.2, 0.25) is 0 Å². The second-order valence-electron chi connectivity index (χ2n) is 3.42. The third kappa shape index (κ3) is 3.28. The number of aryl methyl sites for hydroxylation is 1. The zero-order valence-electron chi connectivity index (χ0n) is 9.27. The average Bonchev–Trinajstić information content (AvgIpc) is 2.29. The molecule has 0 fully saturated rings. The lowest BCUT2D eigenvalue weighted by Crippen LogP contribution is -2.24. The van der Waals surface area contributed by atoms with E-state index >= 15 is 0 Å². The van der Waals surface area contributed by atoms with Crippen molar-refractivity contribution in [2.24, 2.45) is 0 Å². The lowest BCUT2D eigenvalue weighted by Gasteiger charge is -2.03. The smallest absolute Gasteiger partial charge is 0.273 e. The van der Waals surface area contributed by atoms with Gasteiger partial charge in [0, 0.05) is 23.7 Å². The van der Waals surface area contributed by atoms with Gasteiger partial charge in [0.05, 0.1) is 17.4 Å². The van der Waals surface area contributed by atoms with Crippen LogP contribution < -0.4 is 5.32 Å². The number of nitrogens with one attached hydrogen (secondary N) is 1. The molecule has 0 heterocycles. The predicted molar refractivity (Wildman–Crippen MR) is 60.4 cm³/mol. The summed E-state index contributed by atoms with van der Waals surface area (Å²) in [4.78, 5) is 21.7. The van der Waals surface area contributed by atoms with Gasteiger partial charge in [-0.25, -0.2) is 0 Å². The fourth-order valence-electron chi connectivity index (χ4n) is 1.28. The first-order valence-electron chi connectivity index (χ1n) is 4.96. The highest BCUT2D eigenvalue weighted by Gasteiger charge is 2.14. The van der Waals surface area contributed by atoms with Gasteiger partial charge >= 0.3 is 0 Å². The molecule has 0 saturated carbocycles. The van der Waals surface area contributed by atoms with Crippen LogP contribution in [0.15, 0.2) is 18.2 Å². The molecule has 0 aromatic heterocycles. The minimum absolute atomic E-state index is 0.0852. The molecule has 0 bridgehead atoms. The van der Waals surface area contributed by atoms with Crippen molar-refractivity contribution in [3.8, 4) is 6.07 Å². The highest BCUT2D eigenvalue weighted by molar-refractivity contribution is 5.94. The molecule has 0 aliphatic heterocycles. The van der Waals surface area contributed by atoms with Gasteiger partial charge in [0.2, 0.25) is 0 Å². The van der Waals surface area contributed by atoms with Gasteiger partial charge in [-0.1, -0.05) is 6.07 Å². The summed E-state index contributed by atoms with van der Waals surface area (Å²) < 4.78 is 0. The second kappa shape index (κ2) is 5.61. The highest BCUT2D eigenvalue weighted by atomic mass is 16.6. The van der Waals surface area contributed by atoms with Crippen molar-refractivity contribution >= 4 is 11.6 Å². The summed E-state index contributed by atoms with van der Waals surface area (Å²) in [5, 5.41) is 21.5. The summed E-state index contributed by atoms with van der Waals surface area (Å²) in [6, 6.07) is 6.17. The number of carbonyl (C=O) groups is 1. The molecule has 1 amide bonds. The molecular formula is C11H11N3O3. The number of nitro groups is 1. The Morgan fingerprint density at radius 2 is 2.29 bits per heavy atom. The second-order valence-corrected chi connectivity index (χ2v) is 3.42. The number of nitriles is 1. The van der Waals surface area contributed by atoms with Crippen molar-refractivity contribution in [2.45, 2.75) is 13.3 Å². The lowest BCUT2D eigenvalue weighted by atomic mass is 10.1. The maximum atomic E-state index is 11.6. The molecule has 0 unspecified atom stereocenters. The van der Waals surface area contributed by atoms with Crippen molar-refractivity contribution in [2.75, 3.05) is 6.54 Å². The van der Waals surface area contributed by atoms with Gasteiger partial charge in [-0.15, -0.1) is 0 Å². The normalized spacial score (nSPS) is 9.41. The Kier molecular flexibility index (Phi) is 4.17. The van der Waals surface area contributed by atoms with E-state index in [-0.39, 0.29) is 24.2 Å². The largest absolute Gasteiger partial charge is 0.351 e. The minimum Gasteiger partial charge on any atom is -0.351 e. The van der Waals surface area contributed by atoms with Crippen LogP contribution in [0.1, 0.15) is 22.3 Å². The zero-order chi connectivity index (χ0) is 12.8. The van der Waals surface area contributed by atoms with Crippen molar-refractivity contribution in [1.29, 1.82) is 5.26 Å². The van der Waals surface area contributed by atoms with Gasteiger partial charge in [-0.3, -0.25) is 14.9 Å². The summed E-state index contributed by atoms with van der Waals surface area (Å²) in [5.74, 6) is -0.414. The molecule has 1 rings (SSSR count). The van der Waals surface area contributed by atoms with Crippen LogP contribution in [0.3, 0.4) is 0 Å². The minimum atomic E-state index is -0.526. The number of nitro benzene ring substituents is 1. The van der Waals surface area contributed by atoms with Gasteiger partial charge in [0.25, 0.3) is 11.6 Å². The third-order valence-electron chi connectivity index (χ3n) is 2.19. The van der Waals surface area contributed by atoms with E-state index in [9.17, 15) is 14.9 Å². The van der Waals surface area contributed by atoms with Gasteiger partial charge < -0.3 is 5.32 Å². The highest BCUT2D eigenvalue weighted by Crippen LogP contribution is 2.19. The maximum absolute atomic E-state index is 11.6. The van der Waals surface area contributed by atoms with E-state index in [0.29, 0.717) is 5.56 Å². The topological polar surface area (TPSA) is 96.0 Å². The molecule has 1 N–H and O–H groups in total. The van der Waals surface area contributed by atoms with Crippen molar-refractivity contribution in [3.63, 3.8) is 0 Å². The Labute approximate surface area is 98.0 Å². The SMILES string of the molecule is Cc1ccc(C(=O)NCCC#N)cc1[N+](=O)[O-]. The monoisotopic (exact) mass is 233 g/mol. The number of hydrogen-bond acceptors (Lipinski definition) is 4. The number of carbonyl (C=O) groups excluding carboxylic acids is 1. The van der Waals surface area contributed by atoms with E-state index in [1.807, 2.05) is 6.07 Å². The third-order valence-corrected chi connectivity index (χ3v) is 2.19. The average molecular weight is 233 g/mol. The number of rotatable bonds is 4. The summed E-state index contributed by atoms with van der Waals surface area (Å²) in [5.41, 5.74) is 0.641. The molecule has 0 aliphatic carbocycles. The number of hydrogen-bond donors (Lipinski definition) is 1. The van der Waals surface area contributed by atoms with E-state index in [1.54, 1.807) is 6.92 Å². The van der Waals surface area contributed by atoms with E-state index < -0.39 is 10.8 Å². The molecule has 1 aromatic rings. The predicted octanol–water partition coefficient (Wildman–Crippen LogP) is 1.55. The van der Waals surface area contributed by atoms with Gasteiger partial charge in [-0.2, -0.15) is 5.26 Å². The van der Waals surface area contributed by atoms with Gasteiger partial charge in [-0.05, 0) is 13.0 Å². The van der Waals surface area contributed by atoms with Crippen molar-refractivity contribution < 1.29 is 9.72 Å². The van der Waals surface area contributed by atoms with E-state index in [0.717, 1.165) is 0 Å². The number of nitrogens with zero attached hydrogens (tertiary/aromatic N) is 2. The molecule has 6 heteroatoms. The van der Waals surface area contributed by atoms with E-state index in [4.69, 9.17) is 5.26 Å². The lowest BCUT2D eigenvalue weighted by molar-refractivity contribution is -0.385. The van der Waals surface area contributed by atoms with E-state index in [2.05, 4.69) is 5.32 Å². The molecule has 17 heavy (non-hydrogen) atoms. The first-order valence-corrected chi connectivity index (χ1v) is 4.96.